The van der Waals surface area contributed by atoms with Gasteiger partial charge in [-0.15, -0.1) is 0 Å². The smallest absolute Gasteiger partial charge is 0.126 e. The molecule has 3 heteroatoms. The van der Waals surface area contributed by atoms with E-state index in [9.17, 15) is 9.50 Å². The standard InChI is InChI=1S/C10H14FNO/c1-7-4-8(2-3-10(7)11)5-9(13)6-12/h2-4,9,13H,5-6,12H2,1H3/t9-/m1/s1. The summed E-state index contributed by atoms with van der Waals surface area (Å²) in [5, 5.41) is 9.25. The van der Waals surface area contributed by atoms with E-state index in [1.54, 1.807) is 19.1 Å². The second-order valence-corrected chi connectivity index (χ2v) is 3.18. The van der Waals surface area contributed by atoms with E-state index < -0.39 is 6.10 Å². The molecule has 72 valence electrons. The Hall–Kier alpha value is -0.930. The Balaban J connectivity index is 2.73. The zero-order chi connectivity index (χ0) is 9.84. The molecule has 0 heterocycles. The molecule has 1 aromatic rings. The predicted octanol–water partition coefficient (Wildman–Crippen LogP) is 0.996. The van der Waals surface area contributed by atoms with Gasteiger partial charge in [0.25, 0.3) is 0 Å². The highest BCUT2D eigenvalue weighted by molar-refractivity contribution is 5.24. The van der Waals surface area contributed by atoms with E-state index >= 15 is 0 Å². The molecular formula is C10H14FNO. The van der Waals surface area contributed by atoms with E-state index in [0.29, 0.717) is 12.0 Å². The summed E-state index contributed by atoms with van der Waals surface area (Å²) < 4.78 is 12.8. The van der Waals surface area contributed by atoms with Gasteiger partial charge < -0.3 is 10.8 Å². The van der Waals surface area contributed by atoms with E-state index in [1.165, 1.54) is 6.07 Å². The Morgan fingerprint density at radius 1 is 1.54 bits per heavy atom. The van der Waals surface area contributed by atoms with E-state index in [4.69, 9.17) is 5.73 Å². The summed E-state index contributed by atoms with van der Waals surface area (Å²) in [5.41, 5.74) is 6.78. The van der Waals surface area contributed by atoms with Crippen LogP contribution >= 0.6 is 0 Å². The van der Waals surface area contributed by atoms with Crippen molar-refractivity contribution in [3.8, 4) is 0 Å². The highest BCUT2D eigenvalue weighted by atomic mass is 19.1. The Kier molecular flexibility index (Phi) is 3.39. The summed E-state index contributed by atoms with van der Waals surface area (Å²) in [7, 11) is 0. The van der Waals surface area contributed by atoms with Crippen molar-refractivity contribution in [3.05, 3.63) is 35.1 Å². The van der Waals surface area contributed by atoms with Crippen molar-refractivity contribution in [1.82, 2.24) is 0 Å². The first-order valence-electron chi connectivity index (χ1n) is 4.26. The van der Waals surface area contributed by atoms with Gasteiger partial charge in [-0.2, -0.15) is 0 Å². The highest BCUT2D eigenvalue weighted by Gasteiger charge is 2.04. The van der Waals surface area contributed by atoms with Gasteiger partial charge in [0.1, 0.15) is 5.82 Å². The maximum atomic E-state index is 12.8. The molecule has 13 heavy (non-hydrogen) atoms. The third kappa shape index (κ3) is 2.79. The van der Waals surface area contributed by atoms with Gasteiger partial charge in [0.05, 0.1) is 6.10 Å². The van der Waals surface area contributed by atoms with Gasteiger partial charge in [0.15, 0.2) is 0 Å². The molecule has 0 aliphatic rings. The van der Waals surface area contributed by atoms with Gasteiger partial charge >= 0.3 is 0 Å². The third-order valence-electron chi connectivity index (χ3n) is 1.97. The summed E-state index contributed by atoms with van der Waals surface area (Å²) in [5.74, 6) is -0.217. The molecule has 1 atom stereocenters. The molecule has 0 fully saturated rings. The Bertz CT molecular complexity index is 288. The first-order chi connectivity index (χ1) is 6.13. The topological polar surface area (TPSA) is 46.2 Å². The number of nitrogens with two attached hydrogens (primary N) is 1. The van der Waals surface area contributed by atoms with Gasteiger partial charge in [-0.05, 0) is 30.5 Å². The van der Waals surface area contributed by atoms with Crippen LogP contribution < -0.4 is 5.73 Å². The van der Waals surface area contributed by atoms with Crippen LogP contribution in [-0.4, -0.2) is 17.8 Å². The lowest BCUT2D eigenvalue weighted by Gasteiger charge is -2.08. The van der Waals surface area contributed by atoms with Crippen LogP contribution in [0.2, 0.25) is 0 Å². The summed E-state index contributed by atoms with van der Waals surface area (Å²) in [6, 6.07) is 4.81. The lowest BCUT2D eigenvalue weighted by molar-refractivity contribution is 0.183. The van der Waals surface area contributed by atoms with Crippen molar-refractivity contribution in [2.45, 2.75) is 19.4 Å². The molecule has 0 saturated heterocycles. The van der Waals surface area contributed by atoms with E-state index in [-0.39, 0.29) is 12.4 Å². The van der Waals surface area contributed by atoms with Crippen molar-refractivity contribution in [2.75, 3.05) is 6.54 Å². The zero-order valence-electron chi connectivity index (χ0n) is 7.63. The van der Waals surface area contributed by atoms with Gasteiger partial charge in [-0.1, -0.05) is 12.1 Å². The molecule has 0 aliphatic heterocycles. The van der Waals surface area contributed by atoms with Crippen molar-refractivity contribution >= 4 is 0 Å². The molecule has 0 radical (unpaired) electrons. The second-order valence-electron chi connectivity index (χ2n) is 3.18. The maximum Gasteiger partial charge on any atom is 0.126 e. The van der Waals surface area contributed by atoms with Crippen LogP contribution in [0.25, 0.3) is 0 Å². The fraction of sp³-hybridized carbons (Fsp3) is 0.400. The number of halogens is 1. The van der Waals surface area contributed by atoms with Gasteiger partial charge in [-0.3, -0.25) is 0 Å². The quantitative estimate of drug-likeness (QED) is 0.734. The van der Waals surface area contributed by atoms with Crippen molar-refractivity contribution in [2.24, 2.45) is 5.73 Å². The number of aliphatic hydroxyl groups excluding tert-OH is 1. The van der Waals surface area contributed by atoms with Crippen LogP contribution in [0.5, 0.6) is 0 Å². The number of benzene rings is 1. The van der Waals surface area contributed by atoms with Crippen LogP contribution in [0, 0.1) is 12.7 Å². The van der Waals surface area contributed by atoms with Crippen LogP contribution in [-0.2, 0) is 6.42 Å². The minimum absolute atomic E-state index is 0.217. The normalized spacial score (nSPS) is 12.9. The molecule has 0 spiro atoms. The Labute approximate surface area is 77.2 Å². The lowest BCUT2D eigenvalue weighted by Crippen LogP contribution is -2.21. The highest BCUT2D eigenvalue weighted by Crippen LogP contribution is 2.10. The molecule has 0 saturated carbocycles. The number of aryl methyl sites for hydroxylation is 1. The maximum absolute atomic E-state index is 12.8. The minimum atomic E-state index is -0.537. The fourth-order valence-corrected chi connectivity index (χ4v) is 1.19. The number of aliphatic hydroxyl groups is 1. The van der Waals surface area contributed by atoms with Crippen molar-refractivity contribution < 1.29 is 9.50 Å². The number of rotatable bonds is 3. The van der Waals surface area contributed by atoms with Crippen molar-refractivity contribution in [1.29, 1.82) is 0 Å². The molecular weight excluding hydrogens is 169 g/mol. The van der Waals surface area contributed by atoms with E-state index in [1.807, 2.05) is 0 Å². The van der Waals surface area contributed by atoms with Crippen LogP contribution in [0.4, 0.5) is 4.39 Å². The molecule has 0 aliphatic carbocycles. The molecule has 1 aromatic carbocycles. The third-order valence-corrected chi connectivity index (χ3v) is 1.97. The first kappa shape index (κ1) is 10.2. The van der Waals surface area contributed by atoms with Gasteiger partial charge in [-0.25, -0.2) is 4.39 Å². The first-order valence-corrected chi connectivity index (χ1v) is 4.26. The van der Waals surface area contributed by atoms with E-state index in [2.05, 4.69) is 0 Å². The van der Waals surface area contributed by atoms with Gasteiger partial charge in [0.2, 0.25) is 0 Å². The summed E-state index contributed by atoms with van der Waals surface area (Å²) in [6.45, 7) is 1.93. The lowest BCUT2D eigenvalue weighted by atomic mass is 10.1. The molecule has 0 aromatic heterocycles. The van der Waals surface area contributed by atoms with Gasteiger partial charge in [0, 0.05) is 6.54 Å². The molecule has 0 amide bonds. The molecule has 0 bridgehead atoms. The monoisotopic (exact) mass is 183 g/mol. The number of hydrogen-bond acceptors (Lipinski definition) is 2. The average Bonchev–Trinajstić information content (AvgIpc) is 2.11. The molecule has 3 N–H and O–H groups in total. The van der Waals surface area contributed by atoms with Crippen molar-refractivity contribution in [3.63, 3.8) is 0 Å². The molecule has 0 unspecified atom stereocenters. The summed E-state index contributed by atoms with van der Waals surface area (Å²) in [6.07, 6.45) is -0.0534. The Morgan fingerprint density at radius 2 is 2.23 bits per heavy atom. The number of hydrogen-bond donors (Lipinski definition) is 2. The predicted molar refractivity (Wildman–Crippen MR) is 49.9 cm³/mol. The zero-order valence-corrected chi connectivity index (χ0v) is 7.63. The van der Waals surface area contributed by atoms with Crippen LogP contribution in [0.3, 0.4) is 0 Å². The average molecular weight is 183 g/mol. The van der Waals surface area contributed by atoms with Crippen LogP contribution in [0.15, 0.2) is 18.2 Å². The Morgan fingerprint density at radius 3 is 2.77 bits per heavy atom. The fourth-order valence-electron chi connectivity index (χ4n) is 1.19. The largest absolute Gasteiger partial charge is 0.391 e. The van der Waals surface area contributed by atoms with Crippen LogP contribution in [0.1, 0.15) is 11.1 Å². The molecule has 1 rings (SSSR count). The van der Waals surface area contributed by atoms with E-state index in [0.717, 1.165) is 5.56 Å². The molecule has 2 nitrogen and oxygen atoms in total. The minimum Gasteiger partial charge on any atom is -0.391 e. The summed E-state index contributed by atoms with van der Waals surface area (Å²) >= 11 is 0. The second kappa shape index (κ2) is 4.35. The summed E-state index contributed by atoms with van der Waals surface area (Å²) in [4.78, 5) is 0. The SMILES string of the molecule is Cc1cc(C[C@@H](O)CN)ccc1F.